The summed E-state index contributed by atoms with van der Waals surface area (Å²) in [5.74, 6) is 1.24. The number of carbonyl (C=O) groups excluding carboxylic acids is 1. The zero-order valence-electron chi connectivity index (χ0n) is 13.5. The summed E-state index contributed by atoms with van der Waals surface area (Å²) < 4.78 is 11.4. The van der Waals surface area contributed by atoms with Gasteiger partial charge in [0.2, 0.25) is 0 Å². The maximum atomic E-state index is 12.8. The molecule has 1 saturated carbocycles. The molecule has 0 spiro atoms. The van der Waals surface area contributed by atoms with Crippen LogP contribution in [0.25, 0.3) is 0 Å². The molecule has 0 bridgehead atoms. The number of hydrogen-bond acceptors (Lipinski definition) is 3. The smallest absolute Gasteiger partial charge is 0.254 e. The van der Waals surface area contributed by atoms with E-state index >= 15 is 0 Å². The largest absolute Gasteiger partial charge is 0.495 e. The maximum absolute atomic E-state index is 12.8. The molecule has 1 aromatic rings. The molecule has 1 aliphatic carbocycles. The minimum Gasteiger partial charge on any atom is -0.495 e. The zero-order valence-corrected chi connectivity index (χ0v) is 15.1. The van der Waals surface area contributed by atoms with E-state index in [4.69, 9.17) is 9.47 Å². The normalized spacial score (nSPS) is 16.0. The lowest BCUT2D eigenvalue weighted by atomic mass is 10.1. The Kier molecular flexibility index (Phi) is 6.12. The number of halogens is 1. The Labute approximate surface area is 140 Å². The summed E-state index contributed by atoms with van der Waals surface area (Å²) in [6.45, 7) is 0. The number of benzene rings is 1. The third kappa shape index (κ3) is 3.75. The number of nitrogens with zero attached hydrogens (tertiary/aromatic N) is 1. The summed E-state index contributed by atoms with van der Waals surface area (Å²) in [6.07, 6.45) is 7.14. The molecule has 122 valence electrons. The van der Waals surface area contributed by atoms with Gasteiger partial charge >= 0.3 is 0 Å². The van der Waals surface area contributed by atoms with Crippen LogP contribution < -0.4 is 9.47 Å². The molecule has 1 fully saturated rings. The van der Waals surface area contributed by atoms with E-state index in [0.717, 1.165) is 17.3 Å². The first-order valence-corrected chi connectivity index (χ1v) is 8.56. The summed E-state index contributed by atoms with van der Waals surface area (Å²) >= 11 is 3.43. The molecule has 1 aromatic carbocycles. The van der Waals surface area contributed by atoms with Crippen molar-refractivity contribution in [3.05, 3.63) is 22.2 Å². The van der Waals surface area contributed by atoms with Crippen molar-refractivity contribution >= 4 is 21.8 Å². The van der Waals surface area contributed by atoms with Gasteiger partial charge in [-0.05, 0) is 40.9 Å². The van der Waals surface area contributed by atoms with Crippen molar-refractivity contribution < 1.29 is 14.3 Å². The molecule has 1 aliphatic rings. The SMILES string of the molecule is COc1cc(C(=O)N(C)C2CCCCCC2)cc(OC)c1Br. The maximum Gasteiger partial charge on any atom is 0.254 e. The number of rotatable bonds is 4. The van der Waals surface area contributed by atoms with E-state index in [2.05, 4.69) is 15.9 Å². The molecule has 0 saturated heterocycles. The Morgan fingerprint density at radius 2 is 1.59 bits per heavy atom. The predicted molar refractivity (Wildman–Crippen MR) is 90.8 cm³/mol. The van der Waals surface area contributed by atoms with Crippen LogP contribution in [0.1, 0.15) is 48.9 Å². The van der Waals surface area contributed by atoms with E-state index in [1.54, 1.807) is 26.4 Å². The monoisotopic (exact) mass is 369 g/mol. The second kappa shape index (κ2) is 7.86. The quantitative estimate of drug-likeness (QED) is 0.744. The van der Waals surface area contributed by atoms with E-state index in [9.17, 15) is 4.79 Å². The number of ether oxygens (including phenoxy) is 2. The average molecular weight is 370 g/mol. The van der Waals surface area contributed by atoms with Gasteiger partial charge in [-0.1, -0.05) is 25.7 Å². The molecule has 0 radical (unpaired) electrons. The highest BCUT2D eigenvalue weighted by Crippen LogP contribution is 2.36. The summed E-state index contributed by atoms with van der Waals surface area (Å²) in [6, 6.07) is 3.86. The highest BCUT2D eigenvalue weighted by molar-refractivity contribution is 9.10. The van der Waals surface area contributed by atoms with Crippen LogP contribution in [0.3, 0.4) is 0 Å². The minimum atomic E-state index is 0.0241. The van der Waals surface area contributed by atoms with Crippen LogP contribution >= 0.6 is 15.9 Å². The third-order valence-electron chi connectivity index (χ3n) is 4.39. The van der Waals surface area contributed by atoms with Crippen molar-refractivity contribution in [2.75, 3.05) is 21.3 Å². The van der Waals surface area contributed by atoms with Crippen LogP contribution in [0.4, 0.5) is 0 Å². The van der Waals surface area contributed by atoms with Gasteiger partial charge in [0.05, 0.1) is 14.2 Å². The molecule has 0 aliphatic heterocycles. The highest BCUT2D eigenvalue weighted by atomic mass is 79.9. The molecule has 0 heterocycles. The van der Waals surface area contributed by atoms with E-state index in [1.165, 1.54) is 25.7 Å². The van der Waals surface area contributed by atoms with Crippen LogP contribution in [-0.4, -0.2) is 38.1 Å². The van der Waals surface area contributed by atoms with Gasteiger partial charge in [-0.2, -0.15) is 0 Å². The second-order valence-electron chi connectivity index (χ2n) is 5.76. The standard InChI is InChI=1S/C17H24BrNO3/c1-19(13-8-6-4-5-7-9-13)17(20)12-10-14(21-2)16(18)15(11-12)22-3/h10-11,13H,4-9H2,1-3H3. The second-order valence-corrected chi connectivity index (χ2v) is 6.55. The van der Waals surface area contributed by atoms with Crippen molar-refractivity contribution in [2.24, 2.45) is 0 Å². The Morgan fingerprint density at radius 1 is 1.09 bits per heavy atom. The lowest BCUT2D eigenvalue weighted by Gasteiger charge is -2.27. The molecule has 4 nitrogen and oxygen atoms in total. The fourth-order valence-electron chi connectivity index (χ4n) is 3.01. The molecule has 0 atom stereocenters. The average Bonchev–Trinajstić information content (AvgIpc) is 2.83. The first-order chi connectivity index (χ1) is 10.6. The van der Waals surface area contributed by atoms with Crippen molar-refractivity contribution in [2.45, 2.75) is 44.6 Å². The van der Waals surface area contributed by atoms with Gasteiger partial charge in [-0.25, -0.2) is 0 Å². The van der Waals surface area contributed by atoms with E-state index in [0.29, 0.717) is 23.1 Å². The lowest BCUT2D eigenvalue weighted by molar-refractivity contribution is 0.0717. The molecule has 0 N–H and O–H groups in total. The Hall–Kier alpha value is -1.23. The van der Waals surface area contributed by atoms with Crippen LogP contribution in [-0.2, 0) is 0 Å². The molecule has 0 unspecified atom stereocenters. The van der Waals surface area contributed by atoms with E-state index < -0.39 is 0 Å². The fraction of sp³-hybridized carbons (Fsp3) is 0.588. The lowest BCUT2D eigenvalue weighted by Crippen LogP contribution is -2.36. The minimum absolute atomic E-state index is 0.0241. The topological polar surface area (TPSA) is 38.8 Å². The molecule has 0 aromatic heterocycles. The zero-order chi connectivity index (χ0) is 16.1. The summed E-state index contributed by atoms with van der Waals surface area (Å²) in [4.78, 5) is 14.7. The first-order valence-electron chi connectivity index (χ1n) is 7.77. The summed E-state index contributed by atoms with van der Waals surface area (Å²) in [7, 11) is 5.07. The van der Waals surface area contributed by atoms with E-state index in [-0.39, 0.29) is 5.91 Å². The van der Waals surface area contributed by atoms with Crippen molar-refractivity contribution in [3.8, 4) is 11.5 Å². The van der Waals surface area contributed by atoms with Gasteiger partial charge in [-0.3, -0.25) is 4.79 Å². The van der Waals surface area contributed by atoms with Crippen LogP contribution in [0.5, 0.6) is 11.5 Å². The van der Waals surface area contributed by atoms with Crippen molar-refractivity contribution in [1.29, 1.82) is 0 Å². The first kappa shape index (κ1) is 17.1. The van der Waals surface area contributed by atoms with Crippen LogP contribution in [0.15, 0.2) is 16.6 Å². The number of carbonyl (C=O) groups is 1. The Morgan fingerprint density at radius 3 is 2.05 bits per heavy atom. The summed E-state index contributed by atoms with van der Waals surface area (Å²) in [5.41, 5.74) is 0.601. The third-order valence-corrected chi connectivity index (χ3v) is 5.17. The molecule has 22 heavy (non-hydrogen) atoms. The van der Waals surface area contributed by atoms with Gasteiger partial charge < -0.3 is 14.4 Å². The highest BCUT2D eigenvalue weighted by Gasteiger charge is 2.24. The molecule has 1 amide bonds. The van der Waals surface area contributed by atoms with Gasteiger partial charge in [-0.15, -0.1) is 0 Å². The predicted octanol–water partition coefficient (Wildman–Crippen LogP) is 4.26. The van der Waals surface area contributed by atoms with Gasteiger partial charge in [0.15, 0.2) is 0 Å². The van der Waals surface area contributed by atoms with Gasteiger partial charge in [0.1, 0.15) is 16.0 Å². The van der Waals surface area contributed by atoms with Crippen LogP contribution in [0, 0.1) is 0 Å². The molecular weight excluding hydrogens is 346 g/mol. The molecular formula is C17H24BrNO3. The van der Waals surface area contributed by atoms with Crippen molar-refractivity contribution in [3.63, 3.8) is 0 Å². The Bertz CT molecular complexity index is 500. The van der Waals surface area contributed by atoms with Gasteiger partial charge in [0, 0.05) is 18.7 Å². The molecule has 5 heteroatoms. The van der Waals surface area contributed by atoms with E-state index in [1.807, 2.05) is 11.9 Å². The van der Waals surface area contributed by atoms with Crippen molar-refractivity contribution in [1.82, 2.24) is 4.90 Å². The summed E-state index contributed by atoms with van der Waals surface area (Å²) in [5, 5.41) is 0. The Balaban J connectivity index is 2.24. The molecule has 2 rings (SSSR count). The van der Waals surface area contributed by atoms with Gasteiger partial charge in [0.25, 0.3) is 5.91 Å². The fourth-order valence-corrected chi connectivity index (χ4v) is 3.56. The number of amides is 1. The number of methoxy groups -OCH3 is 2. The van der Waals surface area contributed by atoms with Crippen LogP contribution in [0.2, 0.25) is 0 Å². The number of hydrogen-bond donors (Lipinski definition) is 0.